The zero-order valence-corrected chi connectivity index (χ0v) is 17.6. The number of carbonyl (C=O) groups is 2. The number of carbonyl (C=O) groups excluding carboxylic acids is 2. The summed E-state index contributed by atoms with van der Waals surface area (Å²) in [6.07, 6.45) is 5.84. The van der Waals surface area contributed by atoms with E-state index >= 15 is 0 Å². The van der Waals surface area contributed by atoms with Gasteiger partial charge in [0.2, 0.25) is 11.8 Å². The predicted molar refractivity (Wildman–Crippen MR) is 112 cm³/mol. The maximum Gasteiger partial charge on any atom is 0.229 e. The third-order valence-corrected chi connectivity index (χ3v) is 6.78. The van der Waals surface area contributed by atoms with Crippen molar-refractivity contribution >= 4 is 51.5 Å². The van der Waals surface area contributed by atoms with Gasteiger partial charge in [-0.1, -0.05) is 23.2 Å². The third-order valence-electron chi connectivity index (χ3n) is 5.26. The molecule has 0 atom stereocenters. The average Bonchev–Trinajstić information content (AvgIpc) is 3.45. The van der Waals surface area contributed by atoms with Crippen molar-refractivity contribution in [2.75, 3.05) is 18.4 Å². The highest BCUT2D eigenvalue weighted by Gasteiger charge is 2.36. The number of aromatic nitrogens is 1. The van der Waals surface area contributed by atoms with Gasteiger partial charge in [-0.2, -0.15) is 0 Å². The van der Waals surface area contributed by atoms with Crippen molar-refractivity contribution in [3.05, 3.63) is 44.9 Å². The highest BCUT2D eigenvalue weighted by atomic mass is 35.5. The first-order valence-corrected chi connectivity index (χ1v) is 11.0. The van der Waals surface area contributed by atoms with E-state index in [9.17, 15) is 9.59 Å². The molecule has 0 bridgehead atoms. The Kier molecular flexibility index (Phi) is 5.90. The van der Waals surface area contributed by atoms with Crippen LogP contribution in [0, 0.1) is 11.8 Å². The van der Waals surface area contributed by atoms with Crippen LogP contribution in [-0.2, 0) is 16.0 Å². The predicted octanol–water partition coefficient (Wildman–Crippen LogP) is 4.63. The highest BCUT2D eigenvalue weighted by Crippen LogP contribution is 2.33. The molecule has 1 aromatic heterocycles. The van der Waals surface area contributed by atoms with E-state index in [0.717, 1.165) is 23.3 Å². The van der Waals surface area contributed by atoms with Crippen LogP contribution in [0.3, 0.4) is 0 Å². The quantitative estimate of drug-likeness (QED) is 0.741. The molecule has 1 aliphatic heterocycles. The molecule has 1 aliphatic carbocycles. The Labute approximate surface area is 178 Å². The molecule has 5 nitrogen and oxygen atoms in total. The molecule has 1 saturated carbocycles. The van der Waals surface area contributed by atoms with Crippen LogP contribution in [0.1, 0.15) is 36.1 Å². The second-order valence-corrected chi connectivity index (χ2v) is 9.37. The molecule has 2 fully saturated rings. The molecule has 1 aromatic carbocycles. The van der Waals surface area contributed by atoms with E-state index in [1.165, 1.54) is 11.3 Å². The molecule has 2 amide bonds. The zero-order chi connectivity index (χ0) is 19.7. The molecule has 1 N–H and O–H groups in total. The van der Waals surface area contributed by atoms with Crippen molar-refractivity contribution in [3.63, 3.8) is 0 Å². The van der Waals surface area contributed by atoms with Crippen LogP contribution in [0.2, 0.25) is 10.0 Å². The van der Waals surface area contributed by atoms with Gasteiger partial charge < -0.3 is 10.2 Å². The van der Waals surface area contributed by atoms with E-state index in [1.807, 2.05) is 11.0 Å². The maximum absolute atomic E-state index is 12.6. The topological polar surface area (TPSA) is 62.3 Å². The number of anilines is 1. The van der Waals surface area contributed by atoms with Gasteiger partial charge in [0.05, 0.1) is 0 Å². The van der Waals surface area contributed by atoms with Crippen LogP contribution >= 0.6 is 34.5 Å². The summed E-state index contributed by atoms with van der Waals surface area (Å²) in [4.78, 5) is 31.9. The van der Waals surface area contributed by atoms with Gasteiger partial charge in [-0.25, -0.2) is 4.98 Å². The van der Waals surface area contributed by atoms with E-state index in [-0.39, 0.29) is 23.7 Å². The second kappa shape index (κ2) is 8.39. The highest BCUT2D eigenvalue weighted by molar-refractivity contribution is 7.15. The lowest BCUT2D eigenvalue weighted by atomic mass is 9.95. The number of nitrogens with one attached hydrogen (secondary N) is 1. The number of nitrogens with zero attached hydrogens (tertiary/aromatic N) is 2. The summed E-state index contributed by atoms with van der Waals surface area (Å²) in [5, 5.41) is 4.83. The fourth-order valence-corrected chi connectivity index (χ4v) is 4.69. The number of benzene rings is 1. The number of amides is 2. The standard InChI is InChI=1S/C20H21Cl2N3O2S/c21-15-3-4-17(22)14(9-15)10-16-11-23-20(28-16)24-18(26)12-5-7-25(8-6-12)19(27)13-1-2-13/h3-4,9,11-13H,1-2,5-8,10H2,(H,23,24,26). The van der Waals surface area contributed by atoms with Crippen molar-refractivity contribution in [2.24, 2.45) is 11.8 Å². The molecular weight excluding hydrogens is 417 g/mol. The van der Waals surface area contributed by atoms with Crippen LogP contribution < -0.4 is 5.32 Å². The van der Waals surface area contributed by atoms with Gasteiger partial charge in [0.15, 0.2) is 5.13 Å². The number of piperidine rings is 1. The minimum Gasteiger partial charge on any atom is -0.342 e. The second-order valence-electron chi connectivity index (χ2n) is 7.41. The van der Waals surface area contributed by atoms with E-state index in [2.05, 4.69) is 10.3 Å². The van der Waals surface area contributed by atoms with Crippen molar-refractivity contribution in [1.29, 1.82) is 0 Å². The van der Waals surface area contributed by atoms with E-state index < -0.39 is 0 Å². The van der Waals surface area contributed by atoms with Gasteiger partial charge in [0.1, 0.15) is 0 Å². The van der Waals surface area contributed by atoms with Gasteiger partial charge in [-0.15, -0.1) is 11.3 Å². The Morgan fingerprint density at radius 2 is 1.89 bits per heavy atom. The number of hydrogen-bond acceptors (Lipinski definition) is 4. The summed E-state index contributed by atoms with van der Waals surface area (Å²) >= 11 is 13.7. The molecule has 2 aromatic rings. The lowest BCUT2D eigenvalue weighted by molar-refractivity contribution is -0.135. The van der Waals surface area contributed by atoms with Crippen LogP contribution in [0.15, 0.2) is 24.4 Å². The summed E-state index contributed by atoms with van der Waals surface area (Å²) in [5.41, 5.74) is 0.934. The lowest BCUT2D eigenvalue weighted by Gasteiger charge is -2.31. The molecule has 2 heterocycles. The molecule has 1 saturated heterocycles. The number of hydrogen-bond donors (Lipinski definition) is 1. The molecule has 0 radical (unpaired) electrons. The van der Waals surface area contributed by atoms with Crippen LogP contribution in [-0.4, -0.2) is 34.8 Å². The fraction of sp³-hybridized carbons (Fsp3) is 0.450. The van der Waals surface area contributed by atoms with Gasteiger partial charge in [-0.3, -0.25) is 9.59 Å². The summed E-state index contributed by atoms with van der Waals surface area (Å²) in [5.74, 6) is 0.424. The van der Waals surface area contributed by atoms with Gasteiger partial charge >= 0.3 is 0 Å². The molecule has 148 valence electrons. The average molecular weight is 438 g/mol. The molecule has 0 unspecified atom stereocenters. The van der Waals surface area contributed by atoms with Crippen LogP contribution in [0.5, 0.6) is 0 Å². The molecule has 2 aliphatic rings. The minimum atomic E-state index is -0.0713. The molecule has 0 spiro atoms. The minimum absolute atomic E-state index is 0.0137. The molecule has 28 heavy (non-hydrogen) atoms. The third kappa shape index (κ3) is 4.67. The Balaban J connectivity index is 1.30. The van der Waals surface area contributed by atoms with E-state index in [0.29, 0.717) is 47.5 Å². The first kappa shape index (κ1) is 19.7. The smallest absolute Gasteiger partial charge is 0.229 e. The first-order valence-electron chi connectivity index (χ1n) is 9.48. The SMILES string of the molecule is O=C(Nc1ncc(Cc2cc(Cl)ccc2Cl)s1)C1CCN(C(=O)C2CC2)CC1. The van der Waals surface area contributed by atoms with Crippen molar-refractivity contribution in [3.8, 4) is 0 Å². The van der Waals surface area contributed by atoms with Gasteiger partial charge in [-0.05, 0) is 49.4 Å². The van der Waals surface area contributed by atoms with E-state index in [4.69, 9.17) is 23.2 Å². The number of rotatable bonds is 5. The summed E-state index contributed by atoms with van der Waals surface area (Å²) in [6, 6.07) is 5.39. The number of halogens is 2. The van der Waals surface area contributed by atoms with Gasteiger partial charge in [0.25, 0.3) is 0 Å². The van der Waals surface area contributed by atoms with Gasteiger partial charge in [0, 0.05) is 52.5 Å². The lowest BCUT2D eigenvalue weighted by Crippen LogP contribution is -2.42. The van der Waals surface area contributed by atoms with Crippen LogP contribution in [0.25, 0.3) is 0 Å². The van der Waals surface area contributed by atoms with Crippen molar-refractivity contribution in [2.45, 2.75) is 32.1 Å². The molecule has 4 rings (SSSR count). The Morgan fingerprint density at radius 1 is 1.14 bits per heavy atom. The number of thiazole rings is 1. The van der Waals surface area contributed by atoms with E-state index in [1.54, 1.807) is 18.3 Å². The molecular formula is C20H21Cl2N3O2S. The monoisotopic (exact) mass is 437 g/mol. The summed E-state index contributed by atoms with van der Waals surface area (Å²) in [6.45, 7) is 1.34. The first-order chi connectivity index (χ1) is 13.5. The molecule has 8 heteroatoms. The van der Waals surface area contributed by atoms with Crippen LogP contribution in [0.4, 0.5) is 5.13 Å². The number of likely N-dealkylation sites (tertiary alicyclic amines) is 1. The fourth-order valence-electron chi connectivity index (χ4n) is 3.47. The Bertz CT molecular complexity index is 889. The summed E-state index contributed by atoms with van der Waals surface area (Å²) < 4.78 is 0. The largest absolute Gasteiger partial charge is 0.342 e. The van der Waals surface area contributed by atoms with Crippen molar-refractivity contribution < 1.29 is 9.59 Å². The van der Waals surface area contributed by atoms with Crippen molar-refractivity contribution in [1.82, 2.24) is 9.88 Å². The zero-order valence-electron chi connectivity index (χ0n) is 15.3. The Hall–Kier alpha value is -1.63. The Morgan fingerprint density at radius 3 is 2.61 bits per heavy atom. The summed E-state index contributed by atoms with van der Waals surface area (Å²) in [7, 11) is 0. The normalized spacial score (nSPS) is 17.6. The maximum atomic E-state index is 12.6.